The smallest absolute Gasteiger partial charge is 0.264 e. The Morgan fingerprint density at radius 2 is 1.55 bits per heavy atom. The van der Waals surface area contributed by atoms with Gasteiger partial charge in [0.15, 0.2) is 5.78 Å². The third kappa shape index (κ3) is 8.83. The first-order valence-corrected chi connectivity index (χ1v) is 17.9. The van der Waals surface area contributed by atoms with E-state index in [1.807, 2.05) is 86.6 Å². The Hall–Kier alpha value is -4.56. The minimum absolute atomic E-state index is 0.00473. The van der Waals surface area contributed by atoms with Crippen molar-refractivity contribution in [1.82, 2.24) is 4.72 Å². The molecule has 0 radical (unpaired) electrons. The molecule has 0 heterocycles. The normalized spacial score (nSPS) is 13.1. The van der Waals surface area contributed by atoms with Gasteiger partial charge in [-0.1, -0.05) is 80.1 Å². The van der Waals surface area contributed by atoms with Gasteiger partial charge in [-0.3, -0.25) is 14.4 Å². The molecule has 8 heteroatoms. The molecule has 1 unspecified atom stereocenters. The highest BCUT2D eigenvalue weighted by molar-refractivity contribution is 7.90. The molecule has 5 rings (SSSR count). The van der Waals surface area contributed by atoms with E-state index < -0.39 is 21.8 Å². The summed E-state index contributed by atoms with van der Waals surface area (Å²) in [5.74, 6) is -1.74. The number of nitrogens with one attached hydrogen (secondary N) is 2. The van der Waals surface area contributed by atoms with E-state index in [0.29, 0.717) is 24.8 Å². The number of rotatable bonds is 14. The summed E-state index contributed by atoms with van der Waals surface area (Å²) in [5.41, 5.74) is 7.00. The van der Waals surface area contributed by atoms with Crippen LogP contribution < -0.4 is 10.0 Å². The molecule has 4 aromatic rings. The number of amides is 2. The van der Waals surface area contributed by atoms with Crippen LogP contribution >= 0.6 is 0 Å². The van der Waals surface area contributed by atoms with Crippen LogP contribution in [0.15, 0.2) is 95.9 Å². The molecule has 1 aliphatic rings. The van der Waals surface area contributed by atoms with Crippen LogP contribution in [0.2, 0.25) is 0 Å². The molecule has 1 aliphatic carbocycles. The van der Waals surface area contributed by atoms with Crippen molar-refractivity contribution >= 4 is 33.3 Å². The van der Waals surface area contributed by atoms with Crippen molar-refractivity contribution in [2.45, 2.75) is 76.5 Å². The van der Waals surface area contributed by atoms with Crippen LogP contribution in [0.25, 0.3) is 11.1 Å². The highest BCUT2D eigenvalue weighted by atomic mass is 32.2. The summed E-state index contributed by atoms with van der Waals surface area (Å²) in [6.45, 7) is 3.91. The fourth-order valence-corrected chi connectivity index (χ4v) is 7.19. The van der Waals surface area contributed by atoms with Crippen molar-refractivity contribution in [3.63, 3.8) is 0 Å². The summed E-state index contributed by atoms with van der Waals surface area (Å²) >= 11 is 0. The van der Waals surface area contributed by atoms with Crippen molar-refractivity contribution in [2.75, 3.05) is 5.32 Å². The molecule has 0 aromatic heterocycles. The molecule has 0 fully saturated rings. The molecule has 0 spiro atoms. The molecular weight excluding hydrogens is 609 g/mol. The van der Waals surface area contributed by atoms with E-state index in [1.165, 1.54) is 0 Å². The number of sulfonamides is 1. The largest absolute Gasteiger partial charge is 0.326 e. The number of ketones is 1. The predicted molar refractivity (Wildman–Crippen MR) is 186 cm³/mol. The first-order valence-electron chi connectivity index (χ1n) is 16.4. The van der Waals surface area contributed by atoms with Crippen LogP contribution in [0.3, 0.4) is 0 Å². The Kier molecular flexibility index (Phi) is 11.0. The average Bonchev–Trinajstić information content (AvgIpc) is 3.54. The summed E-state index contributed by atoms with van der Waals surface area (Å²) in [4.78, 5) is 39.4. The number of carbonyl (C=O) groups excluding carboxylic acids is 3. The Balaban J connectivity index is 1.30. The number of unbranched alkanes of at least 4 members (excludes halogenated alkanes) is 1. The summed E-state index contributed by atoms with van der Waals surface area (Å²) in [7, 11) is -4.10. The maximum absolute atomic E-state index is 13.7. The standard InChI is InChI=1S/C39H42N2O5S/c1-3-4-13-38(43)40-34-20-16-30(17-21-34)32-19-23-36(27(2)24-32)37(42)26-33(15-14-28-9-6-5-7-10-28)39(44)41-47(45,46)35-22-18-29-11-8-12-31(29)25-35/h5-7,9-10,16-25,33H,3-4,8,11-15,26H2,1-2H3,(H,40,43)(H,41,44). The Bertz CT molecular complexity index is 1850. The molecule has 244 valence electrons. The quantitative estimate of drug-likeness (QED) is 0.137. The SMILES string of the molecule is CCCCC(=O)Nc1ccc(-c2ccc(C(=O)CC(CCc3ccccc3)C(=O)NS(=O)(=O)c3ccc4c(c3)CCC4)c(C)c2)cc1. The van der Waals surface area contributed by atoms with E-state index >= 15 is 0 Å². The third-order valence-electron chi connectivity index (χ3n) is 8.83. The summed E-state index contributed by atoms with van der Waals surface area (Å²) in [5, 5.41) is 2.92. The maximum Gasteiger partial charge on any atom is 0.264 e. The molecule has 0 aliphatic heterocycles. The number of anilines is 1. The lowest BCUT2D eigenvalue weighted by Crippen LogP contribution is -2.37. The third-order valence-corrected chi connectivity index (χ3v) is 10.2. The topological polar surface area (TPSA) is 109 Å². The molecule has 2 N–H and O–H groups in total. The van der Waals surface area contributed by atoms with Gasteiger partial charge < -0.3 is 5.32 Å². The average molecular weight is 651 g/mol. The van der Waals surface area contributed by atoms with E-state index in [1.54, 1.807) is 18.2 Å². The monoisotopic (exact) mass is 650 g/mol. The fourth-order valence-electron chi connectivity index (χ4n) is 6.10. The molecule has 7 nitrogen and oxygen atoms in total. The first kappa shape index (κ1) is 33.8. The Morgan fingerprint density at radius 3 is 2.28 bits per heavy atom. The molecule has 47 heavy (non-hydrogen) atoms. The predicted octanol–water partition coefficient (Wildman–Crippen LogP) is 7.61. The Labute approximate surface area is 277 Å². The van der Waals surface area contributed by atoms with Crippen molar-refractivity contribution < 1.29 is 22.8 Å². The molecule has 4 aromatic carbocycles. The van der Waals surface area contributed by atoms with E-state index in [9.17, 15) is 22.8 Å². The van der Waals surface area contributed by atoms with Gasteiger partial charge in [-0.05, 0) is 103 Å². The molecule has 2 amide bonds. The van der Waals surface area contributed by atoms with Gasteiger partial charge >= 0.3 is 0 Å². The molecule has 1 atom stereocenters. The van der Waals surface area contributed by atoms with E-state index in [0.717, 1.165) is 71.2 Å². The molecular formula is C39H42N2O5S. The highest BCUT2D eigenvalue weighted by Crippen LogP contribution is 2.28. The van der Waals surface area contributed by atoms with Gasteiger partial charge in [0.05, 0.1) is 4.90 Å². The number of hydrogen-bond donors (Lipinski definition) is 2. The van der Waals surface area contributed by atoms with Gasteiger partial charge in [0.2, 0.25) is 11.8 Å². The maximum atomic E-state index is 13.7. The molecule has 0 saturated heterocycles. The van der Waals surface area contributed by atoms with Crippen LogP contribution in [0.4, 0.5) is 5.69 Å². The van der Waals surface area contributed by atoms with Gasteiger partial charge in [0.25, 0.3) is 10.0 Å². The zero-order chi connectivity index (χ0) is 33.4. The van der Waals surface area contributed by atoms with Gasteiger partial charge in [0.1, 0.15) is 0 Å². The summed E-state index contributed by atoms with van der Waals surface area (Å²) < 4.78 is 28.8. The lowest BCUT2D eigenvalue weighted by Gasteiger charge is -2.18. The van der Waals surface area contributed by atoms with Gasteiger partial charge in [-0.15, -0.1) is 0 Å². The van der Waals surface area contributed by atoms with Crippen LogP contribution in [0, 0.1) is 12.8 Å². The van der Waals surface area contributed by atoms with Gasteiger partial charge in [-0.25, -0.2) is 13.1 Å². The second-order valence-corrected chi connectivity index (χ2v) is 14.0. The lowest BCUT2D eigenvalue weighted by atomic mass is 9.89. The van der Waals surface area contributed by atoms with Crippen molar-refractivity contribution in [3.8, 4) is 11.1 Å². The van der Waals surface area contributed by atoms with Gasteiger partial charge in [0, 0.05) is 30.0 Å². The minimum atomic E-state index is -4.10. The van der Waals surface area contributed by atoms with Crippen LogP contribution in [0.5, 0.6) is 0 Å². The van der Waals surface area contributed by atoms with E-state index in [4.69, 9.17) is 0 Å². The highest BCUT2D eigenvalue weighted by Gasteiger charge is 2.28. The number of carbonyl (C=O) groups is 3. The van der Waals surface area contributed by atoms with Crippen molar-refractivity contribution in [2.24, 2.45) is 5.92 Å². The van der Waals surface area contributed by atoms with Gasteiger partial charge in [-0.2, -0.15) is 0 Å². The zero-order valence-electron chi connectivity index (χ0n) is 27.1. The van der Waals surface area contributed by atoms with Crippen molar-refractivity contribution in [3.05, 3.63) is 119 Å². The number of hydrogen-bond acceptors (Lipinski definition) is 5. The van der Waals surface area contributed by atoms with Crippen molar-refractivity contribution in [1.29, 1.82) is 0 Å². The fraction of sp³-hybridized carbons (Fsp3) is 0.308. The van der Waals surface area contributed by atoms with E-state index in [2.05, 4.69) is 10.0 Å². The molecule has 0 saturated carbocycles. The Morgan fingerprint density at radius 1 is 0.830 bits per heavy atom. The van der Waals surface area contributed by atoms with E-state index in [-0.39, 0.29) is 23.0 Å². The first-order chi connectivity index (χ1) is 22.6. The van der Waals surface area contributed by atoms with Crippen LogP contribution in [-0.4, -0.2) is 26.0 Å². The summed E-state index contributed by atoms with van der Waals surface area (Å²) in [6, 6.07) is 27.8. The van der Waals surface area contributed by atoms with Crippen LogP contribution in [0.1, 0.15) is 78.1 Å². The number of aryl methyl sites for hydroxylation is 4. The second kappa shape index (κ2) is 15.4. The molecule has 0 bridgehead atoms. The number of fused-ring (bicyclic) bond motifs is 1. The number of benzene rings is 4. The number of Topliss-reactive ketones (excluding diaryl/α,β-unsaturated/α-hetero) is 1. The van der Waals surface area contributed by atoms with Crippen LogP contribution in [-0.2, 0) is 38.9 Å². The minimum Gasteiger partial charge on any atom is -0.326 e. The summed E-state index contributed by atoms with van der Waals surface area (Å²) in [6.07, 6.45) is 5.76. The second-order valence-electron chi connectivity index (χ2n) is 12.4. The lowest BCUT2D eigenvalue weighted by molar-refractivity contribution is -0.123. The zero-order valence-corrected chi connectivity index (χ0v) is 27.9.